The topological polar surface area (TPSA) is 18.5 Å². The minimum atomic E-state index is -3.66. The second kappa shape index (κ2) is 11.1. The summed E-state index contributed by atoms with van der Waals surface area (Å²) < 4.78 is 10.7. The normalized spacial score (nSPS) is 12.0. The molecule has 0 unspecified atom stereocenters. The third kappa shape index (κ3) is 12.2. The van der Waals surface area contributed by atoms with Crippen molar-refractivity contribution in [3.63, 3.8) is 0 Å². The molecular formula is C8H16Cl4O2Zr. The zero-order valence-electron chi connectivity index (χ0n) is 8.49. The van der Waals surface area contributed by atoms with Gasteiger partial charge in [-0.15, -0.1) is 0 Å². The van der Waals surface area contributed by atoms with E-state index >= 15 is 0 Å². The van der Waals surface area contributed by atoms with E-state index in [9.17, 15) is 0 Å². The molecule has 0 saturated heterocycles. The maximum atomic E-state index is 5.96. The van der Waals surface area contributed by atoms with Crippen LogP contribution in [0, 0.1) is 0 Å². The molecule has 7 heteroatoms. The van der Waals surface area contributed by atoms with Crippen LogP contribution in [0.4, 0.5) is 0 Å². The molecule has 0 aliphatic rings. The molecule has 0 fully saturated rings. The average molecular weight is 377 g/mol. The summed E-state index contributed by atoms with van der Waals surface area (Å²) in [4.78, 5) is 0. The van der Waals surface area contributed by atoms with Crippen molar-refractivity contribution in [2.75, 3.05) is 25.0 Å². The van der Waals surface area contributed by atoms with E-state index in [-0.39, 0.29) is 0 Å². The summed E-state index contributed by atoms with van der Waals surface area (Å²) in [7, 11) is 11.9. The third-order valence-electron chi connectivity index (χ3n) is 1.60. The van der Waals surface area contributed by atoms with E-state index in [1.807, 2.05) is 0 Å². The molecule has 0 heterocycles. The Labute approximate surface area is 114 Å². The van der Waals surface area contributed by atoms with Crippen molar-refractivity contribution in [3.8, 4) is 0 Å². The Kier molecular flexibility index (Phi) is 12.5. The number of alkyl halides is 2. The first kappa shape index (κ1) is 17.0. The first-order chi connectivity index (χ1) is 7.12. The van der Waals surface area contributed by atoms with Crippen molar-refractivity contribution in [1.29, 1.82) is 0 Å². The summed E-state index contributed by atoms with van der Waals surface area (Å²) in [6.45, 7) is 1.07. The van der Waals surface area contributed by atoms with Gasteiger partial charge < -0.3 is 0 Å². The molecule has 0 bridgehead atoms. The molecule has 0 aliphatic heterocycles. The molecule has 0 aromatic heterocycles. The molecule has 0 amide bonds. The molecule has 2 nitrogen and oxygen atoms in total. The molecule has 0 rings (SSSR count). The van der Waals surface area contributed by atoms with Crippen LogP contribution in [0.1, 0.15) is 25.7 Å². The molecule has 0 N–H and O–H groups in total. The van der Waals surface area contributed by atoms with E-state index < -0.39 is 18.8 Å². The number of hydrogen-bond donors (Lipinski definition) is 0. The zero-order valence-corrected chi connectivity index (χ0v) is 14.0. The Morgan fingerprint density at radius 3 is 1.47 bits per heavy atom. The molecule has 0 spiro atoms. The van der Waals surface area contributed by atoms with Crippen LogP contribution in [0.15, 0.2) is 0 Å². The van der Waals surface area contributed by atoms with Crippen molar-refractivity contribution < 1.29 is 24.4 Å². The summed E-state index contributed by atoms with van der Waals surface area (Å²) in [6, 6.07) is 0. The van der Waals surface area contributed by atoms with Crippen LogP contribution < -0.4 is 0 Å². The maximum absolute atomic E-state index is 5.96. The Bertz CT molecular complexity index is 135. The molecule has 92 valence electrons. The monoisotopic (exact) mass is 374 g/mol. The summed E-state index contributed by atoms with van der Waals surface area (Å²) in [6.07, 6.45) is 3.55. The molecule has 0 aliphatic carbocycles. The summed E-state index contributed by atoms with van der Waals surface area (Å²) in [5, 5.41) is 0. The van der Waals surface area contributed by atoms with Gasteiger partial charge in [0, 0.05) is 0 Å². The summed E-state index contributed by atoms with van der Waals surface area (Å²) in [5.41, 5.74) is 0. The van der Waals surface area contributed by atoms with Gasteiger partial charge in [0.2, 0.25) is 0 Å². The van der Waals surface area contributed by atoms with Gasteiger partial charge in [-0.05, 0) is 0 Å². The van der Waals surface area contributed by atoms with Gasteiger partial charge in [0.15, 0.2) is 0 Å². The number of rotatable bonds is 10. The number of halogens is 4. The van der Waals surface area contributed by atoms with Crippen LogP contribution in [-0.4, -0.2) is 25.0 Å². The Balaban J connectivity index is 3.40. The van der Waals surface area contributed by atoms with Crippen LogP contribution in [-0.2, 0) is 24.4 Å². The van der Waals surface area contributed by atoms with Gasteiger partial charge in [-0.2, -0.15) is 0 Å². The van der Waals surface area contributed by atoms with Gasteiger partial charge in [0.1, 0.15) is 0 Å². The molecule has 0 aromatic rings. The van der Waals surface area contributed by atoms with Crippen LogP contribution in [0.5, 0.6) is 0 Å². The fraction of sp³-hybridized carbons (Fsp3) is 1.00. The fourth-order valence-corrected chi connectivity index (χ4v) is 5.10. The van der Waals surface area contributed by atoms with Gasteiger partial charge >= 0.3 is 115 Å². The van der Waals surface area contributed by atoms with E-state index in [4.69, 9.17) is 45.9 Å². The standard InChI is InChI=1S/2C4H8ClO.2ClH.Zr/c2*5-3-1-2-4-6;;;/h2*1-4H2;2*1H;/q2*-1;;;+4/p-2. The van der Waals surface area contributed by atoms with Crippen LogP contribution in [0.3, 0.4) is 0 Å². The number of unbranched alkanes of at least 4 members (excludes halogenated alkanes) is 2. The van der Waals surface area contributed by atoms with Crippen molar-refractivity contribution in [2.45, 2.75) is 25.7 Å². The van der Waals surface area contributed by atoms with Gasteiger partial charge in [0.05, 0.1) is 0 Å². The molecule has 15 heavy (non-hydrogen) atoms. The second-order valence-corrected chi connectivity index (χ2v) is 14.4. The predicted octanol–water partition coefficient (Wildman–Crippen LogP) is 4.35. The number of hydrogen-bond acceptors (Lipinski definition) is 2. The van der Waals surface area contributed by atoms with Gasteiger partial charge in [-0.3, -0.25) is 0 Å². The zero-order chi connectivity index (χ0) is 11.6. The van der Waals surface area contributed by atoms with E-state index in [0.717, 1.165) is 25.7 Å². The van der Waals surface area contributed by atoms with Gasteiger partial charge in [0.25, 0.3) is 0 Å². The van der Waals surface area contributed by atoms with Gasteiger partial charge in [-0.25, -0.2) is 0 Å². The summed E-state index contributed by atoms with van der Waals surface area (Å²) in [5.74, 6) is 1.26. The first-order valence-electron chi connectivity index (χ1n) is 4.90. The van der Waals surface area contributed by atoms with Crippen LogP contribution in [0.25, 0.3) is 0 Å². The molecule has 0 aromatic carbocycles. The second-order valence-electron chi connectivity index (χ2n) is 2.95. The quantitative estimate of drug-likeness (QED) is 0.416. The third-order valence-corrected chi connectivity index (χ3v) is 7.37. The average Bonchev–Trinajstić information content (AvgIpc) is 2.20. The van der Waals surface area contributed by atoms with E-state index in [0.29, 0.717) is 25.0 Å². The van der Waals surface area contributed by atoms with Crippen molar-refractivity contribution in [1.82, 2.24) is 0 Å². The van der Waals surface area contributed by atoms with Gasteiger partial charge in [-0.1, -0.05) is 0 Å². The fourth-order valence-electron chi connectivity index (χ4n) is 0.817. The van der Waals surface area contributed by atoms with Crippen molar-refractivity contribution in [2.24, 2.45) is 0 Å². The predicted molar refractivity (Wildman–Crippen MR) is 63.5 cm³/mol. The van der Waals surface area contributed by atoms with Crippen LogP contribution >= 0.6 is 40.2 Å². The minimum absolute atomic E-state index is 0.533. The Morgan fingerprint density at radius 2 is 1.13 bits per heavy atom. The summed E-state index contributed by atoms with van der Waals surface area (Å²) >= 11 is 7.38. The first-order valence-corrected chi connectivity index (χ1v) is 14.3. The van der Waals surface area contributed by atoms with E-state index in [2.05, 4.69) is 0 Å². The van der Waals surface area contributed by atoms with Crippen molar-refractivity contribution in [3.05, 3.63) is 0 Å². The van der Waals surface area contributed by atoms with Crippen molar-refractivity contribution >= 4 is 40.2 Å². The SMILES string of the molecule is ClCCCC[O][Zr]([Cl])([Cl])[O]CCCCCl. The van der Waals surface area contributed by atoms with Crippen LogP contribution in [0.2, 0.25) is 0 Å². The molecule has 0 radical (unpaired) electrons. The Morgan fingerprint density at radius 1 is 0.733 bits per heavy atom. The molecular weight excluding hydrogens is 361 g/mol. The Hall–Kier alpha value is 1.96. The molecule has 0 atom stereocenters. The van der Waals surface area contributed by atoms with E-state index in [1.165, 1.54) is 0 Å². The molecule has 0 saturated carbocycles. The van der Waals surface area contributed by atoms with E-state index in [1.54, 1.807) is 0 Å².